The highest BCUT2D eigenvalue weighted by atomic mass is 16.5. The number of carbonyl (C=O) groups is 1. The predicted molar refractivity (Wildman–Crippen MR) is 106 cm³/mol. The van der Waals surface area contributed by atoms with Crippen LogP contribution in [0.4, 0.5) is 5.82 Å². The molecular weight excluding hydrogens is 354 g/mol. The number of rotatable bonds is 5. The fourth-order valence-electron chi connectivity index (χ4n) is 2.99. The van der Waals surface area contributed by atoms with Gasteiger partial charge < -0.3 is 14.6 Å². The Kier molecular flexibility index (Phi) is 4.76. The number of aryl methyl sites for hydroxylation is 2. The number of ether oxygens (including phenoxy) is 1. The number of pyridine rings is 1. The third-order valence-electron chi connectivity index (χ3n) is 4.55. The third-order valence-corrected chi connectivity index (χ3v) is 4.55. The van der Waals surface area contributed by atoms with Crippen LogP contribution in [0.15, 0.2) is 65.3 Å². The van der Waals surface area contributed by atoms with Gasteiger partial charge in [0.15, 0.2) is 0 Å². The number of amides is 1. The Morgan fingerprint density at radius 1 is 1.07 bits per heavy atom. The van der Waals surface area contributed by atoms with E-state index in [9.17, 15) is 4.79 Å². The maximum atomic E-state index is 12.9. The van der Waals surface area contributed by atoms with Crippen LogP contribution in [0.25, 0.3) is 10.8 Å². The SMILES string of the molecule is Cc1noc(C)c1COc1cc2ccccc2cc1C(=O)Nc1ccccn1. The Hall–Kier alpha value is -3.67. The monoisotopic (exact) mass is 373 g/mol. The molecule has 2 heterocycles. The Labute approximate surface area is 162 Å². The molecule has 0 aliphatic carbocycles. The lowest BCUT2D eigenvalue weighted by molar-refractivity contribution is 0.102. The summed E-state index contributed by atoms with van der Waals surface area (Å²) in [4.78, 5) is 17.1. The van der Waals surface area contributed by atoms with Crippen molar-refractivity contribution < 1.29 is 14.1 Å². The Morgan fingerprint density at radius 2 is 1.82 bits per heavy atom. The molecule has 0 saturated carbocycles. The molecule has 1 amide bonds. The van der Waals surface area contributed by atoms with Gasteiger partial charge in [-0.2, -0.15) is 0 Å². The zero-order chi connectivity index (χ0) is 19.5. The summed E-state index contributed by atoms with van der Waals surface area (Å²) in [5.41, 5.74) is 2.10. The van der Waals surface area contributed by atoms with Gasteiger partial charge >= 0.3 is 0 Å². The van der Waals surface area contributed by atoms with Crippen molar-refractivity contribution >= 4 is 22.5 Å². The van der Waals surface area contributed by atoms with Crippen LogP contribution >= 0.6 is 0 Å². The summed E-state index contributed by atoms with van der Waals surface area (Å²) in [7, 11) is 0. The van der Waals surface area contributed by atoms with Crippen LogP contribution in [0.1, 0.15) is 27.4 Å². The minimum atomic E-state index is -0.279. The summed E-state index contributed by atoms with van der Waals surface area (Å²) in [5, 5.41) is 8.72. The molecule has 4 aromatic rings. The molecule has 6 nitrogen and oxygen atoms in total. The van der Waals surface area contributed by atoms with E-state index >= 15 is 0 Å². The van der Waals surface area contributed by atoms with E-state index in [1.165, 1.54) is 0 Å². The first-order chi connectivity index (χ1) is 13.6. The molecule has 0 radical (unpaired) electrons. The number of benzene rings is 2. The maximum absolute atomic E-state index is 12.9. The van der Waals surface area contributed by atoms with Crippen molar-refractivity contribution in [2.45, 2.75) is 20.5 Å². The number of nitrogens with zero attached hydrogens (tertiary/aromatic N) is 2. The van der Waals surface area contributed by atoms with Crippen molar-refractivity contribution in [1.82, 2.24) is 10.1 Å². The molecule has 1 N–H and O–H groups in total. The lowest BCUT2D eigenvalue weighted by Crippen LogP contribution is -2.14. The molecule has 0 bridgehead atoms. The van der Waals surface area contributed by atoms with E-state index in [2.05, 4.69) is 15.5 Å². The molecule has 0 saturated heterocycles. The number of anilines is 1. The first kappa shape index (κ1) is 17.7. The van der Waals surface area contributed by atoms with Crippen molar-refractivity contribution in [2.75, 3.05) is 5.32 Å². The van der Waals surface area contributed by atoms with Crippen LogP contribution in [0, 0.1) is 13.8 Å². The van der Waals surface area contributed by atoms with E-state index < -0.39 is 0 Å². The summed E-state index contributed by atoms with van der Waals surface area (Å²) >= 11 is 0. The minimum Gasteiger partial charge on any atom is -0.488 e. The lowest BCUT2D eigenvalue weighted by Gasteiger charge is -2.13. The Balaban J connectivity index is 1.69. The quantitative estimate of drug-likeness (QED) is 0.550. The molecule has 28 heavy (non-hydrogen) atoms. The van der Waals surface area contributed by atoms with E-state index in [4.69, 9.17) is 9.26 Å². The van der Waals surface area contributed by atoms with Crippen molar-refractivity contribution in [1.29, 1.82) is 0 Å². The first-order valence-electron chi connectivity index (χ1n) is 8.91. The molecule has 2 aromatic carbocycles. The second-order valence-corrected chi connectivity index (χ2v) is 6.46. The van der Waals surface area contributed by atoms with Crippen LogP contribution in [0.3, 0.4) is 0 Å². The molecule has 0 aliphatic heterocycles. The van der Waals surface area contributed by atoms with E-state index in [1.807, 2.05) is 56.3 Å². The van der Waals surface area contributed by atoms with E-state index in [0.29, 0.717) is 22.9 Å². The van der Waals surface area contributed by atoms with Gasteiger partial charge in [0.25, 0.3) is 5.91 Å². The molecule has 0 spiro atoms. The zero-order valence-electron chi connectivity index (χ0n) is 15.6. The first-order valence-corrected chi connectivity index (χ1v) is 8.91. The highest BCUT2D eigenvalue weighted by molar-refractivity contribution is 6.08. The molecule has 0 unspecified atom stereocenters. The van der Waals surface area contributed by atoms with Gasteiger partial charge in [0, 0.05) is 6.20 Å². The summed E-state index contributed by atoms with van der Waals surface area (Å²) in [6.07, 6.45) is 1.63. The maximum Gasteiger partial charge on any atom is 0.260 e. The minimum absolute atomic E-state index is 0.267. The normalized spacial score (nSPS) is 10.8. The zero-order valence-corrected chi connectivity index (χ0v) is 15.6. The summed E-state index contributed by atoms with van der Waals surface area (Å²) in [6.45, 7) is 3.97. The van der Waals surface area contributed by atoms with Crippen LogP contribution in [-0.4, -0.2) is 16.0 Å². The van der Waals surface area contributed by atoms with Gasteiger partial charge in [-0.3, -0.25) is 4.79 Å². The molecule has 4 rings (SSSR count). The van der Waals surface area contributed by atoms with E-state index in [-0.39, 0.29) is 12.5 Å². The Morgan fingerprint density at radius 3 is 2.50 bits per heavy atom. The van der Waals surface area contributed by atoms with Crippen molar-refractivity contribution in [3.63, 3.8) is 0 Å². The van der Waals surface area contributed by atoms with Crippen LogP contribution < -0.4 is 10.1 Å². The molecule has 140 valence electrons. The summed E-state index contributed by atoms with van der Waals surface area (Å²) < 4.78 is 11.2. The fraction of sp³-hybridized carbons (Fsp3) is 0.136. The van der Waals surface area contributed by atoms with Gasteiger partial charge in [-0.05, 0) is 48.9 Å². The van der Waals surface area contributed by atoms with Crippen LogP contribution in [-0.2, 0) is 6.61 Å². The van der Waals surface area contributed by atoms with Gasteiger partial charge in [0.05, 0.1) is 16.8 Å². The largest absolute Gasteiger partial charge is 0.488 e. The second kappa shape index (κ2) is 7.52. The van der Waals surface area contributed by atoms with Gasteiger partial charge in [-0.1, -0.05) is 35.5 Å². The predicted octanol–water partition coefficient (Wildman–Crippen LogP) is 4.67. The fourth-order valence-corrected chi connectivity index (χ4v) is 2.99. The van der Waals surface area contributed by atoms with Crippen molar-refractivity contribution in [2.24, 2.45) is 0 Å². The molecule has 6 heteroatoms. The molecule has 0 fully saturated rings. The molecule has 2 aromatic heterocycles. The topological polar surface area (TPSA) is 77.2 Å². The standard InChI is InChI=1S/C22H19N3O3/c1-14-19(15(2)28-25-14)13-27-20-12-17-8-4-3-7-16(17)11-18(20)22(26)24-21-9-5-6-10-23-21/h3-12H,13H2,1-2H3,(H,23,24,26). The Bertz CT molecular complexity index is 1120. The van der Waals surface area contributed by atoms with E-state index in [0.717, 1.165) is 22.0 Å². The summed E-state index contributed by atoms with van der Waals surface area (Å²) in [6, 6.07) is 16.9. The van der Waals surface area contributed by atoms with Gasteiger partial charge in [-0.25, -0.2) is 4.98 Å². The number of aromatic nitrogens is 2. The third kappa shape index (κ3) is 3.57. The average molecular weight is 373 g/mol. The van der Waals surface area contributed by atoms with Crippen molar-refractivity contribution in [3.05, 3.63) is 83.4 Å². The molecule has 0 aliphatic rings. The van der Waals surface area contributed by atoms with Gasteiger partial charge in [-0.15, -0.1) is 0 Å². The van der Waals surface area contributed by atoms with Crippen LogP contribution in [0.5, 0.6) is 5.75 Å². The highest BCUT2D eigenvalue weighted by Crippen LogP contribution is 2.28. The lowest BCUT2D eigenvalue weighted by atomic mass is 10.1. The number of fused-ring (bicyclic) bond motifs is 1. The number of hydrogen-bond acceptors (Lipinski definition) is 5. The summed E-state index contributed by atoms with van der Waals surface area (Å²) in [5.74, 6) is 1.40. The van der Waals surface area contributed by atoms with Gasteiger partial charge in [0.1, 0.15) is 23.9 Å². The van der Waals surface area contributed by atoms with E-state index in [1.54, 1.807) is 18.3 Å². The average Bonchev–Trinajstić information content (AvgIpc) is 3.04. The number of hydrogen-bond donors (Lipinski definition) is 1. The second-order valence-electron chi connectivity index (χ2n) is 6.46. The van der Waals surface area contributed by atoms with Crippen LogP contribution in [0.2, 0.25) is 0 Å². The number of nitrogens with one attached hydrogen (secondary N) is 1. The van der Waals surface area contributed by atoms with Crippen molar-refractivity contribution in [3.8, 4) is 5.75 Å². The highest BCUT2D eigenvalue weighted by Gasteiger charge is 2.17. The van der Waals surface area contributed by atoms with Gasteiger partial charge in [0.2, 0.25) is 0 Å². The smallest absolute Gasteiger partial charge is 0.260 e. The molecule has 0 atom stereocenters. The molecular formula is C22H19N3O3. The number of carbonyl (C=O) groups excluding carboxylic acids is 1.